The van der Waals surface area contributed by atoms with Crippen molar-refractivity contribution < 1.29 is 0 Å². The van der Waals surface area contributed by atoms with Gasteiger partial charge in [-0.25, -0.2) is 0 Å². The first kappa shape index (κ1) is 28.6. The molecule has 0 saturated heterocycles. The standard InChI is InChI=1S/C15H26N2O2.3C2H6/c1-4-9-17(10-5-2)11-7-6-8-16-13-12(3)14(18)15(13)19;3*1-2/h16H,4-11H2,1-3H3;3*1-2H3. The van der Waals surface area contributed by atoms with Gasteiger partial charge in [-0.1, -0.05) is 55.4 Å². The summed E-state index contributed by atoms with van der Waals surface area (Å²) in [5.74, 6) is 0. The first-order valence-corrected chi connectivity index (χ1v) is 10.4. The van der Waals surface area contributed by atoms with Crippen molar-refractivity contribution in [1.29, 1.82) is 0 Å². The fourth-order valence-electron chi connectivity index (χ4n) is 2.36. The molecule has 4 heteroatoms. The second-order valence-corrected chi connectivity index (χ2v) is 5.13. The monoisotopic (exact) mass is 356 g/mol. The Hall–Kier alpha value is -1.16. The molecule has 0 bridgehead atoms. The largest absolute Gasteiger partial charge is 0.381 e. The Morgan fingerprint density at radius 1 is 0.760 bits per heavy atom. The third-order valence-electron chi connectivity index (χ3n) is 3.43. The zero-order chi connectivity index (χ0) is 20.3. The fraction of sp³-hybridized carbons (Fsp3) is 0.810. The van der Waals surface area contributed by atoms with E-state index in [2.05, 4.69) is 24.1 Å². The highest BCUT2D eigenvalue weighted by atomic mass is 16.2. The molecule has 1 N–H and O–H groups in total. The van der Waals surface area contributed by atoms with E-state index in [1.807, 2.05) is 41.5 Å². The van der Waals surface area contributed by atoms with Gasteiger partial charge in [0.25, 0.3) is 0 Å². The SMILES string of the molecule is CC.CC.CC.CCCN(CCC)CCCCNc1c(C)c(=O)c1=O. The van der Waals surface area contributed by atoms with Gasteiger partial charge < -0.3 is 10.2 Å². The number of rotatable bonds is 10. The molecule has 0 heterocycles. The maximum Gasteiger partial charge on any atom is 0.249 e. The molecule has 0 spiro atoms. The van der Waals surface area contributed by atoms with Crippen LogP contribution in [-0.4, -0.2) is 31.1 Å². The summed E-state index contributed by atoms with van der Waals surface area (Å²) in [6.07, 6.45) is 4.55. The third-order valence-corrected chi connectivity index (χ3v) is 3.43. The molecule has 0 aromatic heterocycles. The number of unbranched alkanes of at least 4 members (excludes halogenated alkanes) is 1. The molecule has 0 radical (unpaired) electrons. The molecular weight excluding hydrogens is 312 g/mol. The molecule has 0 fully saturated rings. The predicted molar refractivity (Wildman–Crippen MR) is 115 cm³/mol. The van der Waals surface area contributed by atoms with Crippen LogP contribution in [0.15, 0.2) is 9.59 Å². The van der Waals surface area contributed by atoms with Gasteiger partial charge in [0.2, 0.25) is 10.9 Å². The summed E-state index contributed by atoms with van der Waals surface area (Å²) in [5.41, 5.74) is 0.434. The molecule has 0 amide bonds. The number of nitrogens with one attached hydrogen (secondary N) is 1. The van der Waals surface area contributed by atoms with Crippen LogP contribution < -0.4 is 16.2 Å². The average molecular weight is 357 g/mol. The van der Waals surface area contributed by atoms with E-state index in [-0.39, 0.29) is 10.9 Å². The lowest BCUT2D eigenvalue weighted by molar-refractivity contribution is 0.270. The van der Waals surface area contributed by atoms with Crippen LogP contribution in [0.5, 0.6) is 0 Å². The van der Waals surface area contributed by atoms with Gasteiger partial charge in [-0.2, -0.15) is 0 Å². The van der Waals surface area contributed by atoms with Crippen LogP contribution in [0.3, 0.4) is 0 Å². The van der Waals surface area contributed by atoms with Crippen molar-refractivity contribution in [1.82, 2.24) is 4.90 Å². The Morgan fingerprint density at radius 3 is 1.64 bits per heavy atom. The molecule has 0 aliphatic heterocycles. The molecule has 0 aliphatic rings. The average Bonchev–Trinajstić information content (AvgIpc) is 2.68. The van der Waals surface area contributed by atoms with E-state index in [0.29, 0.717) is 11.3 Å². The Kier molecular flexibility index (Phi) is 23.9. The van der Waals surface area contributed by atoms with Gasteiger partial charge in [0, 0.05) is 12.1 Å². The Balaban J connectivity index is -0.000000725. The maximum absolute atomic E-state index is 11.2. The quantitative estimate of drug-likeness (QED) is 0.474. The van der Waals surface area contributed by atoms with E-state index in [0.717, 1.165) is 25.9 Å². The lowest BCUT2D eigenvalue weighted by Crippen LogP contribution is -2.37. The minimum absolute atomic E-state index is 0.334. The van der Waals surface area contributed by atoms with E-state index in [1.54, 1.807) is 6.92 Å². The van der Waals surface area contributed by atoms with Crippen molar-refractivity contribution in [3.63, 3.8) is 0 Å². The van der Waals surface area contributed by atoms with Gasteiger partial charge in [-0.05, 0) is 52.2 Å². The summed E-state index contributed by atoms with van der Waals surface area (Å²) in [7, 11) is 0. The van der Waals surface area contributed by atoms with Crippen LogP contribution in [0.2, 0.25) is 0 Å². The predicted octanol–water partition coefficient (Wildman–Crippen LogP) is 4.98. The molecule has 0 saturated carbocycles. The molecule has 1 aromatic rings. The van der Waals surface area contributed by atoms with Gasteiger partial charge in [0.05, 0.1) is 5.69 Å². The van der Waals surface area contributed by atoms with Gasteiger partial charge >= 0.3 is 0 Å². The first-order chi connectivity index (χ1) is 12.1. The zero-order valence-electron chi connectivity index (χ0n) is 18.4. The van der Waals surface area contributed by atoms with Crippen LogP contribution in [0, 0.1) is 6.92 Å². The van der Waals surface area contributed by atoms with Crippen molar-refractivity contribution in [3.05, 3.63) is 26.0 Å². The van der Waals surface area contributed by atoms with E-state index >= 15 is 0 Å². The Bertz CT molecular complexity index is 443. The summed E-state index contributed by atoms with van der Waals surface area (Å²) in [6, 6.07) is 0. The highest BCUT2D eigenvalue weighted by Gasteiger charge is 2.15. The molecule has 1 aromatic carbocycles. The lowest BCUT2D eigenvalue weighted by Gasteiger charge is -2.20. The molecule has 0 atom stereocenters. The summed E-state index contributed by atoms with van der Waals surface area (Å²) >= 11 is 0. The van der Waals surface area contributed by atoms with Crippen LogP contribution in [0.25, 0.3) is 0 Å². The molecule has 0 unspecified atom stereocenters. The Morgan fingerprint density at radius 2 is 1.24 bits per heavy atom. The van der Waals surface area contributed by atoms with Crippen LogP contribution in [0.1, 0.15) is 86.6 Å². The summed E-state index contributed by atoms with van der Waals surface area (Å²) in [4.78, 5) is 24.8. The number of nitrogens with zero attached hydrogens (tertiary/aromatic N) is 1. The molecule has 150 valence electrons. The summed E-state index contributed by atoms with van der Waals surface area (Å²) in [5, 5.41) is 3.08. The van der Waals surface area contributed by atoms with E-state index in [1.165, 1.54) is 25.9 Å². The normalized spacial score (nSPS) is 9.36. The second-order valence-electron chi connectivity index (χ2n) is 5.13. The number of anilines is 1. The summed E-state index contributed by atoms with van der Waals surface area (Å²) in [6.45, 7) is 22.3. The van der Waals surface area contributed by atoms with Crippen molar-refractivity contribution in [3.8, 4) is 0 Å². The van der Waals surface area contributed by atoms with Crippen LogP contribution >= 0.6 is 0 Å². The number of hydrogen-bond acceptors (Lipinski definition) is 4. The fourth-order valence-corrected chi connectivity index (χ4v) is 2.36. The van der Waals surface area contributed by atoms with Crippen LogP contribution in [-0.2, 0) is 0 Å². The lowest BCUT2D eigenvalue weighted by atomic mass is 10.1. The molecule has 4 nitrogen and oxygen atoms in total. The highest BCUT2D eigenvalue weighted by molar-refractivity contribution is 5.55. The smallest absolute Gasteiger partial charge is 0.249 e. The molecule has 0 aliphatic carbocycles. The minimum atomic E-state index is -0.351. The van der Waals surface area contributed by atoms with Gasteiger partial charge in [0.15, 0.2) is 0 Å². The third kappa shape index (κ3) is 11.9. The van der Waals surface area contributed by atoms with Gasteiger partial charge in [0.1, 0.15) is 0 Å². The molecule has 25 heavy (non-hydrogen) atoms. The maximum atomic E-state index is 11.2. The van der Waals surface area contributed by atoms with E-state index < -0.39 is 0 Å². The first-order valence-electron chi connectivity index (χ1n) is 10.4. The zero-order valence-corrected chi connectivity index (χ0v) is 18.4. The topological polar surface area (TPSA) is 49.4 Å². The highest BCUT2D eigenvalue weighted by Crippen LogP contribution is 2.06. The van der Waals surface area contributed by atoms with Gasteiger partial charge in [-0.15, -0.1) is 0 Å². The number of hydrogen-bond donors (Lipinski definition) is 1. The van der Waals surface area contributed by atoms with Gasteiger partial charge in [-0.3, -0.25) is 9.59 Å². The van der Waals surface area contributed by atoms with Crippen molar-refractivity contribution in [2.45, 2.75) is 88.0 Å². The summed E-state index contributed by atoms with van der Waals surface area (Å²) < 4.78 is 0. The van der Waals surface area contributed by atoms with Crippen LogP contribution in [0.4, 0.5) is 5.69 Å². The molecular formula is C21H44N2O2. The Labute approximate surface area is 156 Å². The van der Waals surface area contributed by atoms with E-state index in [9.17, 15) is 9.59 Å². The molecule has 1 rings (SSSR count). The van der Waals surface area contributed by atoms with E-state index in [4.69, 9.17) is 0 Å². The second kappa shape index (κ2) is 20.9. The minimum Gasteiger partial charge on any atom is -0.381 e. The van der Waals surface area contributed by atoms with Crippen molar-refractivity contribution in [2.75, 3.05) is 31.5 Å². The van der Waals surface area contributed by atoms with Crippen molar-refractivity contribution >= 4 is 5.69 Å². The van der Waals surface area contributed by atoms with Crippen molar-refractivity contribution in [2.24, 2.45) is 0 Å².